The van der Waals surface area contributed by atoms with Crippen LogP contribution in [0.2, 0.25) is 0 Å². The Morgan fingerprint density at radius 1 is 1.37 bits per heavy atom. The number of nitrogens with zero attached hydrogens (tertiary/aromatic N) is 3. The maximum absolute atomic E-state index is 12.2. The van der Waals surface area contributed by atoms with Crippen LogP contribution in [0.1, 0.15) is 53.8 Å². The van der Waals surface area contributed by atoms with E-state index in [2.05, 4.69) is 31.1 Å². The molecule has 0 amide bonds. The van der Waals surface area contributed by atoms with Crippen molar-refractivity contribution in [3.63, 3.8) is 0 Å². The number of furan rings is 1. The van der Waals surface area contributed by atoms with E-state index in [0.29, 0.717) is 6.61 Å². The van der Waals surface area contributed by atoms with Crippen LogP contribution in [-0.2, 0) is 23.1 Å². The molecule has 0 atom stereocenters. The number of carbonyl (C=O) groups is 1. The van der Waals surface area contributed by atoms with E-state index in [4.69, 9.17) is 14.3 Å². The molecular formula is C21H23N3O3. The Morgan fingerprint density at radius 2 is 2.19 bits per heavy atom. The first-order valence-corrected chi connectivity index (χ1v) is 9.22. The van der Waals surface area contributed by atoms with E-state index in [9.17, 15) is 4.79 Å². The van der Waals surface area contributed by atoms with E-state index in [1.165, 1.54) is 5.56 Å². The number of ether oxygens (including phenoxy) is 1. The average Bonchev–Trinajstić information content (AvgIpc) is 3.24. The number of pyridine rings is 1. The second-order valence-electron chi connectivity index (χ2n) is 7.32. The molecule has 1 aliphatic carbocycles. The summed E-state index contributed by atoms with van der Waals surface area (Å²) in [5.41, 5.74) is 4.53. The van der Waals surface area contributed by atoms with Gasteiger partial charge in [0.2, 0.25) is 5.76 Å². The largest absolute Gasteiger partial charge is 0.460 e. The fourth-order valence-electron chi connectivity index (χ4n) is 3.65. The van der Waals surface area contributed by atoms with Crippen LogP contribution in [0.4, 0.5) is 0 Å². The predicted molar refractivity (Wildman–Crippen MR) is 101 cm³/mol. The van der Waals surface area contributed by atoms with Gasteiger partial charge in [-0.05, 0) is 51.3 Å². The van der Waals surface area contributed by atoms with Gasteiger partial charge in [-0.2, -0.15) is 5.10 Å². The van der Waals surface area contributed by atoms with Gasteiger partial charge in [0.05, 0.1) is 17.8 Å². The molecule has 0 saturated carbocycles. The van der Waals surface area contributed by atoms with Crippen molar-refractivity contribution in [3.8, 4) is 11.3 Å². The summed E-state index contributed by atoms with van der Waals surface area (Å²) in [5.74, 6) is 0.685. The van der Waals surface area contributed by atoms with Crippen LogP contribution in [0.25, 0.3) is 11.3 Å². The first kappa shape index (κ1) is 17.5. The van der Waals surface area contributed by atoms with Gasteiger partial charge in [0.15, 0.2) is 0 Å². The molecule has 0 radical (unpaired) electrons. The van der Waals surface area contributed by atoms with E-state index in [1.807, 2.05) is 23.9 Å². The molecule has 6 heteroatoms. The van der Waals surface area contributed by atoms with Crippen molar-refractivity contribution in [2.75, 3.05) is 6.61 Å². The lowest BCUT2D eigenvalue weighted by molar-refractivity contribution is 0.0487. The number of esters is 1. The van der Waals surface area contributed by atoms with Crippen molar-refractivity contribution in [2.45, 2.75) is 46.1 Å². The molecule has 0 spiro atoms. The number of aromatic nitrogens is 3. The SMILES string of the molecule is CCOC(=O)c1oc2c(c1C)-c1nn(C(C)(C)c3cccnc3)cc1CC2. The van der Waals surface area contributed by atoms with Gasteiger partial charge in [0.25, 0.3) is 0 Å². The van der Waals surface area contributed by atoms with Crippen LogP contribution in [0.15, 0.2) is 35.1 Å². The van der Waals surface area contributed by atoms with E-state index >= 15 is 0 Å². The lowest BCUT2D eigenvalue weighted by Gasteiger charge is -2.25. The number of aryl methyl sites for hydroxylation is 2. The highest BCUT2D eigenvalue weighted by Gasteiger charge is 2.32. The zero-order valence-corrected chi connectivity index (χ0v) is 16.1. The van der Waals surface area contributed by atoms with Crippen LogP contribution in [0.3, 0.4) is 0 Å². The summed E-state index contributed by atoms with van der Waals surface area (Å²) in [6.07, 6.45) is 7.32. The second kappa shape index (κ2) is 6.37. The topological polar surface area (TPSA) is 70.2 Å². The van der Waals surface area contributed by atoms with E-state index in [-0.39, 0.29) is 11.3 Å². The first-order valence-electron chi connectivity index (χ1n) is 9.22. The highest BCUT2D eigenvalue weighted by molar-refractivity contribution is 5.91. The standard InChI is InChI=1S/C21H23N3O3/c1-5-26-20(25)19-13(2)17-16(27-19)9-8-14-12-24(23-18(14)17)21(3,4)15-7-6-10-22-11-15/h6-7,10-12H,5,8-9H2,1-4H3. The average molecular weight is 365 g/mol. The lowest BCUT2D eigenvalue weighted by Crippen LogP contribution is -2.28. The lowest BCUT2D eigenvalue weighted by atomic mass is 9.93. The first-order chi connectivity index (χ1) is 12.9. The zero-order valence-electron chi connectivity index (χ0n) is 16.1. The summed E-state index contributed by atoms with van der Waals surface area (Å²) in [6, 6.07) is 3.99. The molecule has 27 heavy (non-hydrogen) atoms. The third kappa shape index (κ3) is 2.76. The van der Waals surface area contributed by atoms with Crippen molar-refractivity contribution < 1.29 is 13.9 Å². The Bertz CT molecular complexity index is 999. The van der Waals surface area contributed by atoms with Crippen LogP contribution in [-0.4, -0.2) is 27.3 Å². The molecule has 4 rings (SSSR count). The summed E-state index contributed by atoms with van der Waals surface area (Å²) in [4.78, 5) is 16.4. The van der Waals surface area contributed by atoms with Crippen LogP contribution >= 0.6 is 0 Å². The number of hydrogen-bond donors (Lipinski definition) is 0. The summed E-state index contributed by atoms with van der Waals surface area (Å²) in [5, 5.41) is 4.90. The molecule has 0 N–H and O–H groups in total. The van der Waals surface area contributed by atoms with Gasteiger partial charge in [-0.25, -0.2) is 4.79 Å². The van der Waals surface area contributed by atoms with E-state index in [1.54, 1.807) is 13.1 Å². The molecule has 0 aliphatic heterocycles. The smallest absolute Gasteiger partial charge is 0.374 e. The third-order valence-corrected chi connectivity index (χ3v) is 5.27. The van der Waals surface area contributed by atoms with E-state index < -0.39 is 5.97 Å². The van der Waals surface area contributed by atoms with Gasteiger partial charge in [-0.3, -0.25) is 9.67 Å². The molecule has 1 aliphatic rings. The highest BCUT2D eigenvalue weighted by atomic mass is 16.5. The number of hydrogen-bond acceptors (Lipinski definition) is 5. The zero-order chi connectivity index (χ0) is 19.2. The minimum absolute atomic E-state index is 0.288. The number of rotatable bonds is 4. The molecule has 0 aromatic carbocycles. The molecule has 0 saturated heterocycles. The van der Waals surface area contributed by atoms with Gasteiger partial charge in [0.1, 0.15) is 5.76 Å². The normalized spacial score (nSPS) is 13.2. The van der Waals surface area contributed by atoms with Gasteiger partial charge in [0, 0.05) is 36.1 Å². The van der Waals surface area contributed by atoms with Gasteiger partial charge >= 0.3 is 5.97 Å². The van der Waals surface area contributed by atoms with Crippen molar-refractivity contribution in [1.82, 2.24) is 14.8 Å². The number of carbonyl (C=O) groups excluding carboxylic acids is 1. The second-order valence-corrected chi connectivity index (χ2v) is 7.32. The summed E-state index contributed by atoms with van der Waals surface area (Å²) in [7, 11) is 0. The summed E-state index contributed by atoms with van der Waals surface area (Å²) in [6.45, 7) is 8.25. The van der Waals surface area contributed by atoms with Crippen LogP contribution in [0.5, 0.6) is 0 Å². The quantitative estimate of drug-likeness (QED) is 0.656. The fraction of sp³-hybridized carbons (Fsp3) is 0.381. The minimum atomic E-state index is -0.416. The van der Waals surface area contributed by atoms with Crippen molar-refractivity contribution >= 4 is 5.97 Å². The molecule has 3 heterocycles. The highest BCUT2D eigenvalue weighted by Crippen LogP contribution is 2.39. The third-order valence-electron chi connectivity index (χ3n) is 5.27. The monoisotopic (exact) mass is 365 g/mol. The number of fused-ring (bicyclic) bond motifs is 3. The Balaban J connectivity index is 1.79. The maximum Gasteiger partial charge on any atom is 0.374 e. The molecular weight excluding hydrogens is 342 g/mol. The molecule has 0 bridgehead atoms. The molecule has 3 aromatic heterocycles. The Kier molecular flexibility index (Phi) is 4.13. The van der Waals surface area contributed by atoms with Gasteiger partial charge in [-0.1, -0.05) is 6.07 Å². The van der Waals surface area contributed by atoms with Crippen molar-refractivity contribution in [3.05, 3.63) is 58.9 Å². The molecule has 0 unspecified atom stereocenters. The Labute approximate surface area is 158 Å². The Hall–Kier alpha value is -2.89. The molecule has 6 nitrogen and oxygen atoms in total. The fourth-order valence-corrected chi connectivity index (χ4v) is 3.65. The van der Waals surface area contributed by atoms with Gasteiger partial charge in [-0.15, -0.1) is 0 Å². The Morgan fingerprint density at radius 3 is 2.89 bits per heavy atom. The maximum atomic E-state index is 12.2. The minimum Gasteiger partial charge on any atom is -0.460 e. The van der Waals surface area contributed by atoms with Crippen LogP contribution in [0, 0.1) is 6.92 Å². The summed E-state index contributed by atoms with van der Waals surface area (Å²) < 4.78 is 13.0. The molecule has 0 fully saturated rings. The van der Waals surface area contributed by atoms with Crippen molar-refractivity contribution in [2.24, 2.45) is 0 Å². The van der Waals surface area contributed by atoms with Gasteiger partial charge < -0.3 is 9.15 Å². The van der Waals surface area contributed by atoms with Crippen LogP contribution < -0.4 is 0 Å². The van der Waals surface area contributed by atoms with Crippen molar-refractivity contribution in [1.29, 1.82) is 0 Å². The summed E-state index contributed by atoms with van der Waals surface area (Å²) >= 11 is 0. The molecule has 140 valence electrons. The molecule has 3 aromatic rings. The van der Waals surface area contributed by atoms with E-state index in [0.717, 1.165) is 41.0 Å². The predicted octanol–water partition coefficient (Wildman–Crippen LogP) is 3.91.